The average molecular weight is 335 g/mol. The molecule has 7 heteroatoms. The molecule has 0 spiro atoms. The summed E-state index contributed by atoms with van der Waals surface area (Å²) >= 11 is 0. The van der Waals surface area contributed by atoms with Gasteiger partial charge in [0.15, 0.2) is 5.96 Å². The Morgan fingerprint density at radius 1 is 1.33 bits per heavy atom. The van der Waals surface area contributed by atoms with Crippen LogP contribution in [0.3, 0.4) is 0 Å². The molecule has 0 aliphatic carbocycles. The van der Waals surface area contributed by atoms with Crippen LogP contribution < -0.4 is 15.4 Å². The fourth-order valence-corrected chi connectivity index (χ4v) is 2.47. The maximum absolute atomic E-state index is 5.37. The van der Waals surface area contributed by atoms with Gasteiger partial charge in [-0.15, -0.1) is 0 Å². The zero-order valence-corrected chi connectivity index (χ0v) is 14.8. The molecule has 0 saturated carbocycles. The average Bonchev–Trinajstić information content (AvgIpc) is 2.64. The number of nitrogens with zero attached hydrogens (tertiary/aromatic N) is 3. The maximum atomic E-state index is 5.37. The van der Waals surface area contributed by atoms with Gasteiger partial charge in [0, 0.05) is 38.4 Å². The first kappa shape index (κ1) is 18.5. The molecule has 2 rings (SSSR count). The number of nitrogens with one attached hydrogen (secondary N) is 2. The summed E-state index contributed by atoms with van der Waals surface area (Å²) in [5, 5.41) is 6.66. The molecule has 0 radical (unpaired) electrons. The van der Waals surface area contributed by atoms with Gasteiger partial charge in [-0.05, 0) is 25.5 Å². The molecule has 0 amide bonds. The molecule has 0 aromatic carbocycles. The second kappa shape index (κ2) is 10.8. The third kappa shape index (κ3) is 6.72. The third-order valence-electron chi connectivity index (χ3n) is 3.82. The highest BCUT2D eigenvalue weighted by molar-refractivity contribution is 5.79. The van der Waals surface area contributed by atoms with E-state index in [0.29, 0.717) is 12.4 Å². The van der Waals surface area contributed by atoms with Crippen molar-refractivity contribution in [2.24, 2.45) is 4.99 Å². The molecular formula is C17H29N5O2. The maximum Gasteiger partial charge on any atom is 0.212 e. The number of guanidine groups is 1. The Morgan fingerprint density at radius 2 is 2.17 bits per heavy atom. The van der Waals surface area contributed by atoms with Crippen LogP contribution in [0.4, 0.5) is 0 Å². The second-order valence-corrected chi connectivity index (χ2v) is 5.64. The van der Waals surface area contributed by atoms with E-state index in [9.17, 15) is 0 Å². The van der Waals surface area contributed by atoms with Crippen LogP contribution in [0.1, 0.15) is 18.9 Å². The molecule has 0 unspecified atom stereocenters. The summed E-state index contributed by atoms with van der Waals surface area (Å²) in [6.07, 6.45) is 2.89. The van der Waals surface area contributed by atoms with Crippen LogP contribution in [-0.2, 0) is 11.3 Å². The van der Waals surface area contributed by atoms with Gasteiger partial charge in [-0.1, -0.05) is 6.07 Å². The molecule has 24 heavy (non-hydrogen) atoms. The van der Waals surface area contributed by atoms with E-state index in [-0.39, 0.29) is 0 Å². The summed E-state index contributed by atoms with van der Waals surface area (Å²) in [7, 11) is 1.62. The molecule has 1 aliphatic heterocycles. The van der Waals surface area contributed by atoms with Crippen molar-refractivity contribution in [2.45, 2.75) is 19.9 Å². The first-order chi connectivity index (χ1) is 11.8. The topological polar surface area (TPSA) is 71.0 Å². The lowest BCUT2D eigenvalue weighted by atomic mass is 10.3. The predicted octanol–water partition coefficient (Wildman–Crippen LogP) is 0.868. The number of hydrogen-bond donors (Lipinski definition) is 2. The van der Waals surface area contributed by atoms with Crippen molar-refractivity contribution in [2.75, 3.05) is 53.0 Å². The van der Waals surface area contributed by atoms with Crippen molar-refractivity contribution in [3.8, 4) is 5.88 Å². The molecule has 2 heterocycles. The number of aromatic nitrogens is 1. The Kier molecular flexibility index (Phi) is 8.34. The van der Waals surface area contributed by atoms with Crippen LogP contribution in [0, 0.1) is 0 Å². The summed E-state index contributed by atoms with van der Waals surface area (Å²) in [4.78, 5) is 11.2. The highest BCUT2D eigenvalue weighted by Gasteiger charge is 2.09. The van der Waals surface area contributed by atoms with E-state index in [0.717, 1.165) is 63.9 Å². The third-order valence-corrected chi connectivity index (χ3v) is 3.82. The largest absolute Gasteiger partial charge is 0.481 e. The molecule has 134 valence electrons. The van der Waals surface area contributed by atoms with Crippen LogP contribution in [-0.4, -0.2) is 68.9 Å². The molecule has 1 aliphatic rings. The van der Waals surface area contributed by atoms with E-state index in [1.54, 1.807) is 13.3 Å². The van der Waals surface area contributed by atoms with E-state index in [1.807, 2.05) is 12.1 Å². The van der Waals surface area contributed by atoms with Crippen LogP contribution in [0.5, 0.6) is 5.88 Å². The lowest BCUT2D eigenvalue weighted by molar-refractivity contribution is 0.0376. The number of methoxy groups -OCH3 is 1. The summed E-state index contributed by atoms with van der Waals surface area (Å²) in [6.45, 7) is 9.30. The molecule has 1 aromatic heterocycles. The van der Waals surface area contributed by atoms with Gasteiger partial charge < -0.3 is 20.1 Å². The summed E-state index contributed by atoms with van der Waals surface area (Å²) in [5.74, 6) is 1.46. The molecule has 1 fully saturated rings. The minimum Gasteiger partial charge on any atom is -0.481 e. The van der Waals surface area contributed by atoms with E-state index in [1.165, 1.54) is 0 Å². The first-order valence-electron chi connectivity index (χ1n) is 8.63. The fourth-order valence-electron chi connectivity index (χ4n) is 2.47. The van der Waals surface area contributed by atoms with Gasteiger partial charge in [-0.3, -0.25) is 4.90 Å². The van der Waals surface area contributed by atoms with Crippen LogP contribution in [0.15, 0.2) is 23.3 Å². The van der Waals surface area contributed by atoms with Crippen LogP contribution in [0.2, 0.25) is 0 Å². The Bertz CT molecular complexity index is 486. The zero-order valence-electron chi connectivity index (χ0n) is 14.8. The predicted molar refractivity (Wildman–Crippen MR) is 95.5 cm³/mol. The number of morpholine rings is 1. The highest BCUT2D eigenvalue weighted by Crippen LogP contribution is 2.07. The van der Waals surface area contributed by atoms with Crippen molar-refractivity contribution in [1.82, 2.24) is 20.5 Å². The van der Waals surface area contributed by atoms with E-state index in [2.05, 4.69) is 32.4 Å². The molecule has 7 nitrogen and oxygen atoms in total. The van der Waals surface area contributed by atoms with Crippen molar-refractivity contribution in [3.05, 3.63) is 23.9 Å². The Morgan fingerprint density at radius 3 is 2.83 bits per heavy atom. The number of ether oxygens (including phenoxy) is 2. The molecule has 2 N–H and O–H groups in total. The Hall–Kier alpha value is -1.86. The van der Waals surface area contributed by atoms with Crippen molar-refractivity contribution >= 4 is 5.96 Å². The molecular weight excluding hydrogens is 306 g/mol. The monoisotopic (exact) mass is 335 g/mol. The van der Waals surface area contributed by atoms with Gasteiger partial charge in [-0.2, -0.15) is 0 Å². The van der Waals surface area contributed by atoms with Gasteiger partial charge >= 0.3 is 0 Å². The summed E-state index contributed by atoms with van der Waals surface area (Å²) < 4.78 is 10.4. The second-order valence-electron chi connectivity index (χ2n) is 5.64. The van der Waals surface area contributed by atoms with Gasteiger partial charge in [0.25, 0.3) is 0 Å². The van der Waals surface area contributed by atoms with Gasteiger partial charge in [0.2, 0.25) is 5.88 Å². The van der Waals surface area contributed by atoms with E-state index in [4.69, 9.17) is 9.47 Å². The SMILES string of the molecule is CCNC(=NCc1ccc(OC)nc1)NCCCN1CCOCC1. The molecule has 0 atom stereocenters. The summed E-state index contributed by atoms with van der Waals surface area (Å²) in [6, 6.07) is 3.84. The molecule has 0 bridgehead atoms. The van der Waals surface area contributed by atoms with Gasteiger partial charge in [0.1, 0.15) is 0 Å². The molecule has 1 aromatic rings. The Labute approximate surface area is 144 Å². The zero-order chi connectivity index (χ0) is 17.0. The van der Waals surface area contributed by atoms with E-state index < -0.39 is 0 Å². The fraction of sp³-hybridized carbons (Fsp3) is 0.647. The van der Waals surface area contributed by atoms with Crippen LogP contribution >= 0.6 is 0 Å². The minimum absolute atomic E-state index is 0.593. The number of pyridine rings is 1. The minimum atomic E-state index is 0.593. The lowest BCUT2D eigenvalue weighted by Crippen LogP contribution is -2.40. The number of aliphatic imine (C=N–C) groups is 1. The standard InChI is InChI=1S/C17H29N5O2/c1-3-18-17(19-7-4-8-22-9-11-24-12-10-22)21-14-15-5-6-16(23-2)20-13-15/h5-6,13H,3-4,7-12,14H2,1-2H3,(H2,18,19,21). The number of rotatable bonds is 8. The van der Waals surface area contributed by atoms with Crippen molar-refractivity contribution < 1.29 is 9.47 Å². The summed E-state index contributed by atoms with van der Waals surface area (Å²) in [5.41, 5.74) is 1.06. The normalized spacial score (nSPS) is 16.0. The van der Waals surface area contributed by atoms with Gasteiger partial charge in [0.05, 0.1) is 26.9 Å². The quantitative estimate of drug-likeness (QED) is 0.417. The molecule has 1 saturated heterocycles. The highest BCUT2D eigenvalue weighted by atomic mass is 16.5. The van der Waals surface area contributed by atoms with Crippen molar-refractivity contribution in [1.29, 1.82) is 0 Å². The smallest absolute Gasteiger partial charge is 0.212 e. The lowest BCUT2D eigenvalue weighted by Gasteiger charge is -2.26. The van der Waals surface area contributed by atoms with E-state index >= 15 is 0 Å². The van der Waals surface area contributed by atoms with Crippen LogP contribution in [0.25, 0.3) is 0 Å². The Balaban J connectivity index is 1.72. The first-order valence-corrected chi connectivity index (χ1v) is 8.63. The number of hydrogen-bond acceptors (Lipinski definition) is 5. The van der Waals surface area contributed by atoms with Crippen molar-refractivity contribution in [3.63, 3.8) is 0 Å². The van der Waals surface area contributed by atoms with Gasteiger partial charge in [-0.25, -0.2) is 9.98 Å².